The first kappa shape index (κ1) is 20.0. The van der Waals surface area contributed by atoms with Crippen LogP contribution in [0.25, 0.3) is 0 Å². The van der Waals surface area contributed by atoms with Crippen molar-refractivity contribution in [2.45, 2.75) is 56.8 Å². The van der Waals surface area contributed by atoms with Crippen LogP contribution in [0.3, 0.4) is 0 Å². The van der Waals surface area contributed by atoms with Gasteiger partial charge in [0.1, 0.15) is 5.82 Å². The average molecular weight is 385 g/mol. The zero-order valence-electron chi connectivity index (χ0n) is 15.3. The van der Waals surface area contributed by atoms with Gasteiger partial charge in [-0.25, -0.2) is 17.5 Å². The Labute approximate surface area is 153 Å². The highest BCUT2D eigenvalue weighted by molar-refractivity contribution is 7.89. The molecule has 0 saturated heterocycles. The summed E-state index contributed by atoms with van der Waals surface area (Å²) in [5.41, 5.74) is 1.71. The van der Waals surface area contributed by atoms with E-state index < -0.39 is 15.8 Å². The van der Waals surface area contributed by atoms with E-state index in [1.165, 1.54) is 6.07 Å². The maximum absolute atomic E-state index is 14.3. The Balaban J connectivity index is 2.08. The predicted octanol–water partition coefficient (Wildman–Crippen LogP) is 4.23. The summed E-state index contributed by atoms with van der Waals surface area (Å²) >= 11 is 1.55. The Bertz CT molecular complexity index is 823. The molecule has 0 fully saturated rings. The van der Waals surface area contributed by atoms with Crippen molar-refractivity contribution in [1.29, 1.82) is 0 Å². The van der Waals surface area contributed by atoms with Crippen LogP contribution in [0.15, 0.2) is 34.8 Å². The van der Waals surface area contributed by atoms with Crippen LogP contribution in [0.5, 0.6) is 0 Å². The molecule has 2 aromatic rings. The molecule has 1 aromatic carbocycles. The third-order valence-corrected chi connectivity index (χ3v) is 6.80. The highest BCUT2D eigenvalue weighted by atomic mass is 32.2. The topological polar surface area (TPSA) is 59.1 Å². The zero-order chi connectivity index (χ0) is 18.9. The van der Waals surface area contributed by atoms with Crippen LogP contribution in [0.2, 0.25) is 0 Å². The lowest BCUT2D eigenvalue weighted by Gasteiger charge is -2.23. The molecule has 1 aromatic heterocycles. The number of benzene rings is 1. The number of sulfonamides is 1. The number of nitrogens with zero attached hydrogens (tertiary/aromatic N) is 1. The second-order valence-corrected chi connectivity index (χ2v) is 10.4. The summed E-state index contributed by atoms with van der Waals surface area (Å²) in [6.07, 6.45) is 2.43. The summed E-state index contributed by atoms with van der Waals surface area (Å²) in [6, 6.07) is 4.10. The number of nitrogens with one attached hydrogen (secondary N) is 1. The van der Waals surface area contributed by atoms with E-state index in [2.05, 4.69) is 9.71 Å². The normalized spacial score (nSPS) is 13.2. The second-order valence-electron chi connectivity index (χ2n) is 7.79. The molecule has 1 heterocycles. The Kier molecular flexibility index (Phi) is 5.71. The summed E-state index contributed by atoms with van der Waals surface area (Å²) in [6.45, 7) is 10.0. The quantitative estimate of drug-likeness (QED) is 0.811. The molecular formula is C18H25FN2O2S2. The van der Waals surface area contributed by atoms with E-state index in [0.29, 0.717) is 12.0 Å². The number of hydrogen-bond donors (Lipinski definition) is 1. The van der Waals surface area contributed by atoms with E-state index in [0.717, 1.165) is 10.9 Å². The van der Waals surface area contributed by atoms with Gasteiger partial charge in [0.25, 0.3) is 0 Å². The van der Waals surface area contributed by atoms with Crippen molar-refractivity contribution in [1.82, 2.24) is 9.71 Å². The number of halogens is 1. The van der Waals surface area contributed by atoms with Gasteiger partial charge in [0.15, 0.2) is 0 Å². The Morgan fingerprint density at radius 3 is 2.40 bits per heavy atom. The monoisotopic (exact) mass is 384 g/mol. The van der Waals surface area contributed by atoms with Crippen LogP contribution in [-0.2, 0) is 20.9 Å². The SMILES string of the molecule is CC(C)(C)c1ccc(S(=O)(=O)NCCC(C)(C)c2cncs2)cc1F. The molecule has 0 atom stereocenters. The van der Waals surface area contributed by atoms with Crippen molar-refractivity contribution in [3.63, 3.8) is 0 Å². The third kappa shape index (κ3) is 4.86. The molecule has 0 unspecified atom stereocenters. The van der Waals surface area contributed by atoms with E-state index in [9.17, 15) is 12.8 Å². The molecule has 138 valence electrons. The van der Waals surface area contributed by atoms with E-state index in [1.807, 2.05) is 34.6 Å². The molecule has 0 radical (unpaired) electrons. The van der Waals surface area contributed by atoms with Crippen molar-refractivity contribution in [2.24, 2.45) is 0 Å². The van der Waals surface area contributed by atoms with Crippen LogP contribution in [-0.4, -0.2) is 19.9 Å². The lowest BCUT2D eigenvalue weighted by Crippen LogP contribution is -2.29. The molecule has 0 saturated carbocycles. The smallest absolute Gasteiger partial charge is 0.240 e. The zero-order valence-corrected chi connectivity index (χ0v) is 16.9. The standard InChI is InChI=1S/C18H25FN2O2S2/c1-17(2,3)14-7-6-13(10-15(14)19)25(22,23)21-9-8-18(4,5)16-11-20-12-24-16/h6-7,10-12,21H,8-9H2,1-5H3. The lowest BCUT2D eigenvalue weighted by molar-refractivity contribution is 0.481. The third-order valence-electron chi connectivity index (χ3n) is 4.20. The second kappa shape index (κ2) is 7.13. The number of thiazole rings is 1. The van der Waals surface area contributed by atoms with E-state index in [1.54, 1.807) is 29.1 Å². The molecule has 0 spiro atoms. The van der Waals surface area contributed by atoms with Gasteiger partial charge in [-0.05, 0) is 29.5 Å². The van der Waals surface area contributed by atoms with Gasteiger partial charge in [0.05, 0.1) is 10.4 Å². The van der Waals surface area contributed by atoms with E-state index >= 15 is 0 Å². The van der Waals surface area contributed by atoms with Crippen LogP contribution < -0.4 is 4.72 Å². The summed E-state index contributed by atoms with van der Waals surface area (Å²) in [4.78, 5) is 5.13. The fourth-order valence-electron chi connectivity index (χ4n) is 2.53. The highest BCUT2D eigenvalue weighted by Gasteiger charge is 2.25. The Hall–Kier alpha value is -1.31. The van der Waals surface area contributed by atoms with Crippen molar-refractivity contribution in [3.8, 4) is 0 Å². The summed E-state index contributed by atoms with van der Waals surface area (Å²) in [5.74, 6) is -0.500. The highest BCUT2D eigenvalue weighted by Crippen LogP contribution is 2.30. The first-order valence-electron chi connectivity index (χ1n) is 8.12. The number of rotatable bonds is 6. The molecule has 7 heteroatoms. The minimum absolute atomic E-state index is 0.0476. The summed E-state index contributed by atoms with van der Waals surface area (Å²) < 4.78 is 41.7. The summed E-state index contributed by atoms with van der Waals surface area (Å²) in [7, 11) is -3.74. The number of aromatic nitrogens is 1. The predicted molar refractivity (Wildman–Crippen MR) is 100 cm³/mol. The van der Waals surface area contributed by atoms with Crippen LogP contribution in [0, 0.1) is 5.82 Å². The fourth-order valence-corrected chi connectivity index (χ4v) is 4.35. The fraction of sp³-hybridized carbons (Fsp3) is 0.500. The molecule has 0 amide bonds. The van der Waals surface area contributed by atoms with Gasteiger partial charge in [0, 0.05) is 23.0 Å². The Morgan fingerprint density at radius 1 is 1.20 bits per heavy atom. The van der Waals surface area contributed by atoms with Gasteiger partial charge >= 0.3 is 0 Å². The van der Waals surface area contributed by atoms with Gasteiger partial charge in [-0.1, -0.05) is 40.7 Å². The van der Waals surface area contributed by atoms with Crippen molar-refractivity contribution >= 4 is 21.4 Å². The first-order valence-corrected chi connectivity index (χ1v) is 10.5. The van der Waals surface area contributed by atoms with Crippen molar-refractivity contribution in [3.05, 3.63) is 46.2 Å². The largest absolute Gasteiger partial charge is 0.253 e. The van der Waals surface area contributed by atoms with Gasteiger partial charge in [-0.3, -0.25) is 4.98 Å². The van der Waals surface area contributed by atoms with Crippen LogP contribution in [0.4, 0.5) is 4.39 Å². The van der Waals surface area contributed by atoms with Crippen LogP contribution in [0.1, 0.15) is 51.5 Å². The average Bonchev–Trinajstić information content (AvgIpc) is 3.00. The van der Waals surface area contributed by atoms with Gasteiger partial charge in [0.2, 0.25) is 10.0 Å². The molecule has 1 N–H and O–H groups in total. The lowest BCUT2D eigenvalue weighted by atomic mass is 9.87. The molecule has 0 aliphatic rings. The van der Waals surface area contributed by atoms with Crippen LogP contribution >= 0.6 is 11.3 Å². The van der Waals surface area contributed by atoms with Gasteiger partial charge in [-0.2, -0.15) is 0 Å². The van der Waals surface area contributed by atoms with Gasteiger partial charge in [-0.15, -0.1) is 11.3 Å². The maximum Gasteiger partial charge on any atom is 0.240 e. The maximum atomic E-state index is 14.3. The first-order chi connectivity index (χ1) is 11.4. The van der Waals surface area contributed by atoms with E-state index in [4.69, 9.17) is 0 Å². The molecule has 4 nitrogen and oxygen atoms in total. The molecule has 0 aliphatic carbocycles. The molecule has 0 bridgehead atoms. The summed E-state index contributed by atoms with van der Waals surface area (Å²) in [5, 5.41) is 0. The molecule has 2 rings (SSSR count). The minimum Gasteiger partial charge on any atom is -0.253 e. The minimum atomic E-state index is -3.74. The molecule has 0 aliphatic heterocycles. The molecular weight excluding hydrogens is 359 g/mol. The van der Waals surface area contributed by atoms with Crippen molar-refractivity contribution < 1.29 is 12.8 Å². The number of hydrogen-bond acceptors (Lipinski definition) is 4. The van der Waals surface area contributed by atoms with E-state index in [-0.39, 0.29) is 22.3 Å². The Morgan fingerprint density at radius 2 is 1.88 bits per heavy atom. The van der Waals surface area contributed by atoms with Gasteiger partial charge < -0.3 is 0 Å². The molecule has 25 heavy (non-hydrogen) atoms. The van der Waals surface area contributed by atoms with Crippen molar-refractivity contribution in [2.75, 3.05) is 6.54 Å².